The smallest absolute Gasteiger partial charge is 0.192 e. The van der Waals surface area contributed by atoms with Crippen LogP contribution in [-0.2, 0) is 14.3 Å². The summed E-state index contributed by atoms with van der Waals surface area (Å²) >= 11 is 1.68. The van der Waals surface area contributed by atoms with Gasteiger partial charge in [-0.3, -0.25) is 0 Å². The number of thioether (sulfide) groups is 1. The first-order valence-corrected chi connectivity index (χ1v) is 16.6. The van der Waals surface area contributed by atoms with E-state index in [1.165, 1.54) is 0 Å². The summed E-state index contributed by atoms with van der Waals surface area (Å²) in [6.45, 7) is 8.76. The van der Waals surface area contributed by atoms with Crippen molar-refractivity contribution in [3.63, 3.8) is 0 Å². The van der Waals surface area contributed by atoms with Gasteiger partial charge < -0.3 is 4.43 Å². The summed E-state index contributed by atoms with van der Waals surface area (Å²) in [7, 11) is -5.38. The molecular weight excluding hydrogens is 453 g/mol. The van der Waals surface area contributed by atoms with Crippen LogP contribution in [0.25, 0.3) is 0 Å². The average Bonchev–Trinajstić information content (AvgIpc) is 2.98. The minimum absolute atomic E-state index is 0.0462. The molecule has 2 aromatic carbocycles. The van der Waals surface area contributed by atoms with Crippen molar-refractivity contribution < 1.29 is 12.8 Å². The molecule has 6 heteroatoms. The van der Waals surface area contributed by atoms with Crippen molar-refractivity contribution in [2.75, 3.05) is 0 Å². The first kappa shape index (κ1) is 25.3. The van der Waals surface area contributed by atoms with Crippen LogP contribution < -0.4 is 0 Å². The highest BCUT2D eigenvalue weighted by atomic mass is 32.2. The zero-order valence-corrected chi connectivity index (χ0v) is 22.3. The second-order valence-electron chi connectivity index (χ2n) is 8.67. The van der Waals surface area contributed by atoms with E-state index in [0.717, 1.165) is 40.8 Å². The van der Waals surface area contributed by atoms with Gasteiger partial charge in [0, 0.05) is 16.9 Å². The molecule has 1 aliphatic carbocycles. The SMILES string of the molecule is CC[Si](CC)(CC)O[C@@H]1CCC(Sc2ccccc2)=CC(S(=O)(=O)c2ccccc2)[C@@H]1C. The number of hydrogen-bond acceptors (Lipinski definition) is 4. The third-order valence-corrected chi connectivity index (χ3v) is 14.9. The lowest BCUT2D eigenvalue weighted by molar-refractivity contribution is 0.126. The predicted molar refractivity (Wildman–Crippen MR) is 138 cm³/mol. The van der Waals surface area contributed by atoms with Crippen LogP contribution >= 0.6 is 11.8 Å². The Labute approximate surface area is 199 Å². The Kier molecular flexibility index (Phi) is 8.84. The van der Waals surface area contributed by atoms with E-state index in [1.54, 1.807) is 36.0 Å². The van der Waals surface area contributed by atoms with Crippen molar-refractivity contribution in [2.24, 2.45) is 5.92 Å². The summed E-state index contributed by atoms with van der Waals surface area (Å²) in [6.07, 6.45) is 3.68. The third kappa shape index (κ3) is 5.77. The third-order valence-electron chi connectivity index (χ3n) is 6.89. The topological polar surface area (TPSA) is 43.4 Å². The Balaban J connectivity index is 1.99. The lowest BCUT2D eigenvalue weighted by Gasteiger charge is -2.37. The van der Waals surface area contributed by atoms with E-state index < -0.39 is 23.4 Å². The highest BCUT2D eigenvalue weighted by Crippen LogP contribution is 2.40. The molecule has 1 unspecified atom stereocenters. The zero-order chi connectivity index (χ0) is 23.2. The van der Waals surface area contributed by atoms with E-state index >= 15 is 0 Å². The molecule has 0 spiro atoms. The number of hydrogen-bond donors (Lipinski definition) is 0. The molecular formula is C26H36O3S2Si. The summed E-state index contributed by atoms with van der Waals surface area (Å²) in [5, 5.41) is -0.596. The van der Waals surface area contributed by atoms with Crippen molar-refractivity contribution in [1.29, 1.82) is 0 Å². The molecule has 0 aromatic heterocycles. The van der Waals surface area contributed by atoms with E-state index in [2.05, 4.69) is 39.8 Å². The quantitative estimate of drug-likeness (QED) is 0.347. The van der Waals surface area contributed by atoms with Crippen LogP contribution in [0.15, 0.2) is 81.4 Å². The Morgan fingerprint density at radius 2 is 1.50 bits per heavy atom. The van der Waals surface area contributed by atoms with Gasteiger partial charge in [0.15, 0.2) is 18.2 Å². The van der Waals surface area contributed by atoms with Crippen LogP contribution in [0.4, 0.5) is 0 Å². The van der Waals surface area contributed by atoms with Gasteiger partial charge >= 0.3 is 0 Å². The Morgan fingerprint density at radius 1 is 0.938 bits per heavy atom. The van der Waals surface area contributed by atoms with Crippen LogP contribution in [-0.4, -0.2) is 28.1 Å². The second kappa shape index (κ2) is 11.2. The largest absolute Gasteiger partial charge is 0.414 e. The van der Waals surface area contributed by atoms with E-state index in [9.17, 15) is 8.42 Å². The Hall–Kier alpha value is -1.34. The van der Waals surface area contributed by atoms with E-state index in [4.69, 9.17) is 4.43 Å². The van der Waals surface area contributed by atoms with Gasteiger partial charge in [-0.05, 0) is 60.1 Å². The lowest BCUT2D eigenvalue weighted by Crippen LogP contribution is -2.44. The summed E-state index contributed by atoms with van der Waals surface area (Å²) in [4.78, 5) is 2.65. The standard InChI is InChI=1S/C26H36O3S2Si/c1-5-32(6-2,7-3)29-25-19-18-23(30-22-14-10-8-11-15-22)20-26(21(25)4)31(27,28)24-16-12-9-13-17-24/h8-17,20-21,25-26H,5-7,18-19H2,1-4H3/t21-,25-,26?/m1/s1. The molecule has 3 nitrogen and oxygen atoms in total. The van der Waals surface area contributed by atoms with E-state index in [-0.39, 0.29) is 12.0 Å². The van der Waals surface area contributed by atoms with Gasteiger partial charge in [0.25, 0.3) is 0 Å². The molecule has 2 aromatic rings. The molecule has 3 atom stereocenters. The molecule has 0 N–H and O–H groups in total. The molecule has 3 rings (SSSR count). The second-order valence-corrected chi connectivity index (χ2v) is 16.7. The fourth-order valence-electron chi connectivity index (χ4n) is 4.53. The first-order valence-electron chi connectivity index (χ1n) is 11.8. The molecule has 0 saturated heterocycles. The molecule has 0 amide bonds. The van der Waals surface area contributed by atoms with Gasteiger partial charge in [0.2, 0.25) is 0 Å². The Morgan fingerprint density at radius 3 is 2.06 bits per heavy atom. The monoisotopic (exact) mass is 488 g/mol. The molecule has 0 fully saturated rings. The van der Waals surface area contributed by atoms with Gasteiger partial charge in [-0.15, -0.1) is 0 Å². The number of benzene rings is 2. The molecule has 0 heterocycles. The molecule has 0 saturated carbocycles. The molecule has 0 radical (unpaired) electrons. The van der Waals surface area contributed by atoms with Crippen LogP contribution in [0, 0.1) is 5.92 Å². The Bertz CT molecular complexity index is 978. The molecule has 0 aliphatic heterocycles. The maximum Gasteiger partial charge on any atom is 0.192 e. The molecule has 0 bridgehead atoms. The lowest BCUT2D eigenvalue weighted by atomic mass is 10.00. The van der Waals surface area contributed by atoms with Gasteiger partial charge in [-0.1, -0.05) is 81.9 Å². The highest BCUT2D eigenvalue weighted by molar-refractivity contribution is 8.03. The van der Waals surface area contributed by atoms with Crippen LogP contribution in [0.3, 0.4) is 0 Å². The van der Waals surface area contributed by atoms with Crippen LogP contribution in [0.1, 0.15) is 40.5 Å². The maximum absolute atomic E-state index is 13.8. The minimum Gasteiger partial charge on any atom is -0.414 e. The molecule has 174 valence electrons. The van der Waals surface area contributed by atoms with Gasteiger partial charge in [0.1, 0.15) is 0 Å². The van der Waals surface area contributed by atoms with Crippen molar-refractivity contribution in [3.05, 3.63) is 71.6 Å². The van der Waals surface area contributed by atoms with Gasteiger partial charge in [-0.2, -0.15) is 0 Å². The molecule has 1 aliphatic rings. The maximum atomic E-state index is 13.8. The van der Waals surface area contributed by atoms with Gasteiger partial charge in [-0.25, -0.2) is 8.42 Å². The van der Waals surface area contributed by atoms with Crippen molar-refractivity contribution in [1.82, 2.24) is 0 Å². The van der Waals surface area contributed by atoms with Crippen molar-refractivity contribution >= 4 is 29.9 Å². The highest BCUT2D eigenvalue weighted by Gasteiger charge is 2.41. The summed E-state index contributed by atoms with van der Waals surface area (Å²) < 4.78 is 34.5. The normalized spacial score (nSPS) is 22.2. The van der Waals surface area contributed by atoms with Gasteiger partial charge in [0.05, 0.1) is 10.1 Å². The summed E-state index contributed by atoms with van der Waals surface area (Å²) in [5.41, 5.74) is 0. The van der Waals surface area contributed by atoms with E-state index in [0.29, 0.717) is 4.90 Å². The fourth-order valence-corrected chi connectivity index (χ4v) is 10.6. The summed E-state index contributed by atoms with van der Waals surface area (Å²) in [5.74, 6) is -0.106. The van der Waals surface area contributed by atoms with Crippen LogP contribution in [0.5, 0.6) is 0 Å². The fraction of sp³-hybridized carbons (Fsp3) is 0.462. The number of rotatable bonds is 9. The predicted octanol–water partition coefficient (Wildman–Crippen LogP) is 7.33. The van der Waals surface area contributed by atoms with E-state index in [1.807, 2.05) is 30.3 Å². The van der Waals surface area contributed by atoms with Crippen molar-refractivity contribution in [3.8, 4) is 0 Å². The zero-order valence-electron chi connectivity index (χ0n) is 19.7. The number of allylic oxidation sites excluding steroid dienone is 1. The average molecular weight is 489 g/mol. The van der Waals surface area contributed by atoms with Crippen molar-refractivity contribution in [2.45, 2.75) is 79.8 Å². The minimum atomic E-state index is -3.52. The molecule has 32 heavy (non-hydrogen) atoms. The number of sulfone groups is 1. The first-order chi connectivity index (χ1) is 15.3. The summed E-state index contributed by atoms with van der Waals surface area (Å²) in [6, 6.07) is 22.3. The van der Waals surface area contributed by atoms with Crippen LogP contribution in [0.2, 0.25) is 18.1 Å².